The molecule has 2 aromatic rings. The van der Waals surface area contributed by atoms with E-state index in [0.717, 1.165) is 11.1 Å². The Kier molecular flexibility index (Phi) is 5.54. The molecular formula is C21H17ClFNO2. The average molecular weight is 370 g/mol. The van der Waals surface area contributed by atoms with Crippen molar-refractivity contribution in [3.05, 3.63) is 94.4 Å². The van der Waals surface area contributed by atoms with Crippen molar-refractivity contribution >= 4 is 29.3 Å². The lowest BCUT2D eigenvalue weighted by Crippen LogP contribution is -2.22. The molecule has 0 saturated carbocycles. The number of carboxylic acid groups (broad SMARTS) is 1. The molecule has 0 amide bonds. The van der Waals surface area contributed by atoms with Crippen LogP contribution in [0.3, 0.4) is 0 Å². The number of carbonyl (C=O) groups is 1. The number of carboxylic acids is 1. The van der Waals surface area contributed by atoms with Gasteiger partial charge in [-0.3, -0.25) is 4.79 Å². The highest BCUT2D eigenvalue weighted by Crippen LogP contribution is 2.27. The number of anilines is 1. The van der Waals surface area contributed by atoms with E-state index in [2.05, 4.69) is 5.32 Å². The van der Waals surface area contributed by atoms with Gasteiger partial charge < -0.3 is 10.4 Å². The third-order valence-corrected chi connectivity index (χ3v) is 4.42. The van der Waals surface area contributed by atoms with E-state index in [1.165, 1.54) is 12.1 Å². The molecule has 0 fully saturated rings. The predicted octanol–water partition coefficient (Wildman–Crippen LogP) is 5.52. The minimum Gasteiger partial charge on any atom is -0.481 e. The molecule has 0 heterocycles. The Hall–Kier alpha value is -2.85. The van der Waals surface area contributed by atoms with Gasteiger partial charge in [0.25, 0.3) is 0 Å². The molecule has 0 aliphatic heterocycles. The zero-order valence-corrected chi connectivity index (χ0v) is 14.6. The van der Waals surface area contributed by atoms with Gasteiger partial charge in [0.2, 0.25) is 0 Å². The van der Waals surface area contributed by atoms with Crippen LogP contribution in [0.15, 0.2) is 78.0 Å². The molecule has 0 spiro atoms. The average Bonchev–Trinajstić information content (AvgIpc) is 2.63. The fraction of sp³-hybridized carbons (Fsp3) is 0.0952. The van der Waals surface area contributed by atoms with Gasteiger partial charge in [-0.25, -0.2) is 4.39 Å². The SMILES string of the molecule is O=C(O)C1CC=C(/C=C/c2ccccc2Cl)C=C1Nc1ccc(F)cc1. The molecule has 2 aromatic carbocycles. The number of allylic oxidation sites excluding steroid dienone is 4. The van der Waals surface area contributed by atoms with Crippen LogP contribution in [0, 0.1) is 11.7 Å². The second-order valence-corrected chi connectivity index (χ2v) is 6.32. The minimum absolute atomic E-state index is 0.341. The van der Waals surface area contributed by atoms with E-state index in [1.807, 2.05) is 42.5 Å². The van der Waals surface area contributed by atoms with Crippen molar-refractivity contribution in [3.8, 4) is 0 Å². The Morgan fingerprint density at radius 3 is 2.58 bits per heavy atom. The van der Waals surface area contributed by atoms with E-state index in [4.69, 9.17) is 11.6 Å². The van der Waals surface area contributed by atoms with Gasteiger partial charge in [-0.2, -0.15) is 0 Å². The molecule has 3 nitrogen and oxygen atoms in total. The van der Waals surface area contributed by atoms with Gasteiger partial charge in [-0.15, -0.1) is 0 Å². The molecule has 0 radical (unpaired) electrons. The molecule has 1 aliphatic carbocycles. The number of hydrogen-bond acceptors (Lipinski definition) is 2. The van der Waals surface area contributed by atoms with Crippen molar-refractivity contribution in [1.82, 2.24) is 0 Å². The van der Waals surface area contributed by atoms with Crippen molar-refractivity contribution < 1.29 is 14.3 Å². The van der Waals surface area contributed by atoms with E-state index in [1.54, 1.807) is 18.2 Å². The molecule has 0 saturated heterocycles. The first-order valence-electron chi connectivity index (χ1n) is 8.12. The Labute approximate surface area is 156 Å². The normalized spacial score (nSPS) is 16.9. The third kappa shape index (κ3) is 4.41. The number of benzene rings is 2. The molecule has 1 atom stereocenters. The van der Waals surface area contributed by atoms with Gasteiger partial charge in [-0.05, 0) is 54.0 Å². The minimum atomic E-state index is -0.906. The van der Waals surface area contributed by atoms with Crippen LogP contribution < -0.4 is 5.32 Å². The van der Waals surface area contributed by atoms with Gasteiger partial charge in [0.05, 0.1) is 0 Å². The van der Waals surface area contributed by atoms with Gasteiger partial charge in [0.1, 0.15) is 11.7 Å². The first-order chi connectivity index (χ1) is 12.5. The fourth-order valence-corrected chi connectivity index (χ4v) is 2.89. The number of hydrogen-bond donors (Lipinski definition) is 2. The highest BCUT2D eigenvalue weighted by Gasteiger charge is 2.24. The van der Waals surface area contributed by atoms with Crippen LogP contribution in [0.1, 0.15) is 12.0 Å². The molecule has 26 heavy (non-hydrogen) atoms. The van der Waals surface area contributed by atoms with Crippen LogP contribution in [0.25, 0.3) is 6.08 Å². The maximum Gasteiger partial charge on any atom is 0.312 e. The van der Waals surface area contributed by atoms with Gasteiger partial charge in [-0.1, -0.05) is 48.0 Å². The lowest BCUT2D eigenvalue weighted by Gasteiger charge is -2.21. The quantitative estimate of drug-likeness (QED) is 0.729. The molecular weight excluding hydrogens is 353 g/mol. The Bertz CT molecular complexity index is 900. The van der Waals surface area contributed by atoms with Crippen molar-refractivity contribution in [2.75, 3.05) is 5.32 Å². The van der Waals surface area contributed by atoms with E-state index in [9.17, 15) is 14.3 Å². The highest BCUT2D eigenvalue weighted by molar-refractivity contribution is 6.32. The van der Waals surface area contributed by atoms with Crippen LogP contribution in [0.5, 0.6) is 0 Å². The van der Waals surface area contributed by atoms with Gasteiger partial charge in [0.15, 0.2) is 0 Å². The summed E-state index contributed by atoms with van der Waals surface area (Å²) >= 11 is 6.15. The largest absolute Gasteiger partial charge is 0.481 e. The van der Waals surface area contributed by atoms with E-state index in [0.29, 0.717) is 22.8 Å². The number of aliphatic carboxylic acids is 1. The van der Waals surface area contributed by atoms with Crippen LogP contribution in [-0.2, 0) is 4.79 Å². The van der Waals surface area contributed by atoms with E-state index >= 15 is 0 Å². The first-order valence-corrected chi connectivity index (χ1v) is 8.50. The second kappa shape index (κ2) is 8.02. The Morgan fingerprint density at radius 2 is 1.88 bits per heavy atom. The maximum atomic E-state index is 13.1. The molecule has 0 bridgehead atoms. The summed E-state index contributed by atoms with van der Waals surface area (Å²) in [6, 6.07) is 13.3. The van der Waals surface area contributed by atoms with Crippen molar-refractivity contribution in [2.24, 2.45) is 5.92 Å². The lowest BCUT2D eigenvalue weighted by atomic mass is 9.92. The summed E-state index contributed by atoms with van der Waals surface area (Å²) in [5.74, 6) is -1.92. The monoisotopic (exact) mass is 369 g/mol. The van der Waals surface area contributed by atoms with E-state index in [-0.39, 0.29) is 5.82 Å². The molecule has 0 aromatic heterocycles. The first kappa shape index (κ1) is 18.0. The summed E-state index contributed by atoms with van der Waals surface area (Å²) in [5.41, 5.74) is 2.97. The summed E-state index contributed by atoms with van der Waals surface area (Å²) in [5, 5.41) is 13.2. The standard InChI is InChI=1S/C21H17ClFNO2/c22-19-4-2-1-3-15(19)7-5-14-6-12-18(21(25)26)20(13-14)24-17-10-8-16(23)9-11-17/h1-11,13,18,24H,12H2,(H,25,26)/b7-5+. The number of rotatable bonds is 5. The lowest BCUT2D eigenvalue weighted by molar-refractivity contribution is -0.140. The number of nitrogens with one attached hydrogen (secondary N) is 1. The van der Waals surface area contributed by atoms with Gasteiger partial charge in [0, 0.05) is 16.4 Å². The maximum absolute atomic E-state index is 13.1. The number of halogens is 2. The zero-order valence-electron chi connectivity index (χ0n) is 13.8. The molecule has 2 N–H and O–H groups in total. The third-order valence-electron chi connectivity index (χ3n) is 4.08. The van der Waals surface area contributed by atoms with Crippen LogP contribution in [-0.4, -0.2) is 11.1 Å². The predicted molar refractivity (Wildman–Crippen MR) is 102 cm³/mol. The highest BCUT2D eigenvalue weighted by atomic mass is 35.5. The summed E-state index contributed by atoms with van der Waals surface area (Å²) in [7, 11) is 0. The Morgan fingerprint density at radius 1 is 1.15 bits per heavy atom. The molecule has 132 valence electrons. The van der Waals surface area contributed by atoms with Crippen LogP contribution in [0.4, 0.5) is 10.1 Å². The van der Waals surface area contributed by atoms with Crippen molar-refractivity contribution in [3.63, 3.8) is 0 Å². The summed E-state index contributed by atoms with van der Waals surface area (Å²) in [4.78, 5) is 11.5. The summed E-state index contributed by atoms with van der Waals surface area (Å²) in [6.07, 6.45) is 7.82. The van der Waals surface area contributed by atoms with Crippen molar-refractivity contribution in [2.45, 2.75) is 6.42 Å². The molecule has 5 heteroatoms. The summed E-state index contributed by atoms with van der Waals surface area (Å²) in [6.45, 7) is 0. The second-order valence-electron chi connectivity index (χ2n) is 5.92. The fourth-order valence-electron chi connectivity index (χ4n) is 2.69. The van der Waals surface area contributed by atoms with E-state index < -0.39 is 11.9 Å². The van der Waals surface area contributed by atoms with Crippen molar-refractivity contribution in [1.29, 1.82) is 0 Å². The summed E-state index contributed by atoms with van der Waals surface area (Å²) < 4.78 is 13.1. The van der Waals surface area contributed by atoms with Gasteiger partial charge >= 0.3 is 5.97 Å². The molecule has 3 rings (SSSR count). The smallest absolute Gasteiger partial charge is 0.312 e. The zero-order chi connectivity index (χ0) is 18.5. The molecule has 1 unspecified atom stereocenters. The van der Waals surface area contributed by atoms with Crippen LogP contribution in [0.2, 0.25) is 5.02 Å². The van der Waals surface area contributed by atoms with Crippen LogP contribution >= 0.6 is 11.6 Å². The topological polar surface area (TPSA) is 49.3 Å². The Balaban J connectivity index is 1.83. The molecule has 1 aliphatic rings.